The molecule has 0 radical (unpaired) electrons. The molecule has 0 aliphatic rings. The Bertz CT molecular complexity index is 296. The first-order valence-electron chi connectivity index (χ1n) is 5.09. The minimum Gasteiger partial charge on any atom is -0.496 e. The van der Waals surface area contributed by atoms with Crippen LogP contribution in [0.2, 0.25) is 0 Å². The first kappa shape index (κ1) is 11.1. The van der Waals surface area contributed by atoms with Gasteiger partial charge in [0.15, 0.2) is 0 Å². The van der Waals surface area contributed by atoms with Crippen LogP contribution in [0.3, 0.4) is 0 Å². The van der Waals surface area contributed by atoms with E-state index in [2.05, 4.69) is 32.0 Å². The van der Waals surface area contributed by atoms with Crippen LogP contribution in [0.15, 0.2) is 18.2 Å². The molecule has 1 atom stereocenters. The summed E-state index contributed by atoms with van der Waals surface area (Å²) in [5, 5.41) is 0. The number of hydrogen-bond acceptors (Lipinski definition) is 2. The molecule has 0 saturated heterocycles. The van der Waals surface area contributed by atoms with Gasteiger partial charge in [-0.3, -0.25) is 0 Å². The fourth-order valence-corrected chi connectivity index (χ4v) is 1.51. The molecule has 2 nitrogen and oxygen atoms in total. The van der Waals surface area contributed by atoms with Crippen LogP contribution in [0.4, 0.5) is 0 Å². The van der Waals surface area contributed by atoms with Crippen LogP contribution >= 0.6 is 0 Å². The highest BCUT2D eigenvalue weighted by Gasteiger charge is 2.09. The van der Waals surface area contributed by atoms with E-state index in [0.29, 0.717) is 12.5 Å². The van der Waals surface area contributed by atoms with Gasteiger partial charge >= 0.3 is 0 Å². The highest BCUT2D eigenvalue weighted by molar-refractivity contribution is 5.39. The second-order valence-corrected chi connectivity index (χ2v) is 3.57. The molecule has 0 aliphatic carbocycles. The van der Waals surface area contributed by atoms with E-state index in [-0.39, 0.29) is 0 Å². The molecule has 14 heavy (non-hydrogen) atoms. The fraction of sp³-hybridized carbons (Fsp3) is 0.500. The Kier molecular flexibility index (Phi) is 3.96. The van der Waals surface area contributed by atoms with E-state index in [0.717, 1.165) is 12.2 Å². The van der Waals surface area contributed by atoms with Crippen molar-refractivity contribution in [2.24, 2.45) is 5.73 Å². The Labute approximate surface area is 86.1 Å². The lowest BCUT2D eigenvalue weighted by atomic mass is 9.98. The number of rotatable bonds is 4. The van der Waals surface area contributed by atoms with Crippen LogP contribution in [0.25, 0.3) is 0 Å². The molecule has 1 aromatic rings. The third-order valence-electron chi connectivity index (χ3n) is 2.59. The molecule has 0 amide bonds. The molecule has 78 valence electrons. The monoisotopic (exact) mass is 193 g/mol. The van der Waals surface area contributed by atoms with Crippen LogP contribution in [-0.2, 0) is 6.42 Å². The van der Waals surface area contributed by atoms with Gasteiger partial charge in [0.2, 0.25) is 0 Å². The van der Waals surface area contributed by atoms with Crippen LogP contribution in [0, 0.1) is 0 Å². The number of methoxy groups -OCH3 is 1. The van der Waals surface area contributed by atoms with E-state index in [1.807, 2.05) is 0 Å². The molecule has 1 rings (SSSR count). The molecule has 1 aromatic carbocycles. The van der Waals surface area contributed by atoms with Crippen molar-refractivity contribution < 1.29 is 4.74 Å². The van der Waals surface area contributed by atoms with Gasteiger partial charge in [-0.2, -0.15) is 0 Å². The second kappa shape index (κ2) is 5.01. The van der Waals surface area contributed by atoms with Crippen LogP contribution in [-0.4, -0.2) is 13.7 Å². The fourth-order valence-electron chi connectivity index (χ4n) is 1.51. The van der Waals surface area contributed by atoms with Gasteiger partial charge < -0.3 is 10.5 Å². The lowest BCUT2D eigenvalue weighted by Crippen LogP contribution is -2.10. The molecule has 2 heteroatoms. The molecule has 1 unspecified atom stereocenters. The normalized spacial score (nSPS) is 12.6. The molecule has 2 N–H and O–H groups in total. The lowest BCUT2D eigenvalue weighted by molar-refractivity contribution is 0.406. The number of ether oxygens (including phenoxy) is 1. The SMILES string of the molecule is CCc1ccc(C(C)CN)c(OC)c1. The van der Waals surface area contributed by atoms with Gasteiger partial charge in [-0.1, -0.05) is 26.0 Å². The van der Waals surface area contributed by atoms with E-state index in [4.69, 9.17) is 10.5 Å². The van der Waals surface area contributed by atoms with E-state index >= 15 is 0 Å². The van der Waals surface area contributed by atoms with Crippen molar-refractivity contribution in [2.75, 3.05) is 13.7 Å². The van der Waals surface area contributed by atoms with Crippen molar-refractivity contribution in [1.29, 1.82) is 0 Å². The first-order valence-corrected chi connectivity index (χ1v) is 5.09. The summed E-state index contributed by atoms with van der Waals surface area (Å²) in [5.41, 5.74) is 8.14. The maximum absolute atomic E-state index is 5.64. The maximum Gasteiger partial charge on any atom is 0.122 e. The van der Waals surface area contributed by atoms with Gasteiger partial charge in [0, 0.05) is 0 Å². The molecule has 0 fully saturated rings. The number of benzene rings is 1. The molecule has 0 saturated carbocycles. The number of nitrogens with two attached hydrogens (primary N) is 1. The van der Waals surface area contributed by atoms with Crippen molar-refractivity contribution >= 4 is 0 Å². The smallest absolute Gasteiger partial charge is 0.122 e. The number of aryl methyl sites for hydroxylation is 1. The maximum atomic E-state index is 5.64. The third-order valence-corrected chi connectivity index (χ3v) is 2.59. The summed E-state index contributed by atoms with van der Waals surface area (Å²) in [7, 11) is 1.71. The minimum atomic E-state index is 0.357. The molecular formula is C12H19NO. The summed E-state index contributed by atoms with van der Waals surface area (Å²) >= 11 is 0. The van der Waals surface area contributed by atoms with Crippen molar-refractivity contribution in [3.63, 3.8) is 0 Å². The van der Waals surface area contributed by atoms with E-state index in [9.17, 15) is 0 Å². The van der Waals surface area contributed by atoms with E-state index < -0.39 is 0 Å². The summed E-state index contributed by atoms with van der Waals surface area (Å²) < 4.78 is 5.36. The summed E-state index contributed by atoms with van der Waals surface area (Å²) in [6.45, 7) is 4.91. The molecule has 0 aromatic heterocycles. The van der Waals surface area contributed by atoms with Gasteiger partial charge in [0.25, 0.3) is 0 Å². The molecular weight excluding hydrogens is 174 g/mol. The second-order valence-electron chi connectivity index (χ2n) is 3.57. The van der Waals surface area contributed by atoms with Gasteiger partial charge in [-0.25, -0.2) is 0 Å². The van der Waals surface area contributed by atoms with Gasteiger partial charge in [0.1, 0.15) is 5.75 Å². The summed E-state index contributed by atoms with van der Waals surface area (Å²) in [4.78, 5) is 0. The van der Waals surface area contributed by atoms with Gasteiger partial charge in [-0.05, 0) is 36.1 Å². The molecule has 0 aliphatic heterocycles. The van der Waals surface area contributed by atoms with Crippen molar-refractivity contribution in [3.8, 4) is 5.75 Å². The van der Waals surface area contributed by atoms with E-state index in [1.54, 1.807) is 7.11 Å². The highest BCUT2D eigenvalue weighted by atomic mass is 16.5. The lowest BCUT2D eigenvalue weighted by Gasteiger charge is -2.14. The average Bonchev–Trinajstić information content (AvgIpc) is 2.27. The largest absolute Gasteiger partial charge is 0.496 e. The van der Waals surface area contributed by atoms with Gasteiger partial charge in [-0.15, -0.1) is 0 Å². The standard InChI is InChI=1S/C12H19NO/c1-4-10-5-6-11(9(2)8-13)12(7-10)14-3/h5-7,9H,4,8,13H2,1-3H3. The Morgan fingerprint density at radius 3 is 2.64 bits per heavy atom. The summed E-state index contributed by atoms with van der Waals surface area (Å²) in [6, 6.07) is 6.36. The van der Waals surface area contributed by atoms with Crippen LogP contribution in [0.1, 0.15) is 30.9 Å². The Balaban J connectivity index is 3.04. The predicted octanol–water partition coefficient (Wildman–Crippen LogP) is 2.32. The summed E-state index contributed by atoms with van der Waals surface area (Å²) in [5.74, 6) is 1.32. The van der Waals surface area contributed by atoms with Crippen LogP contribution in [0.5, 0.6) is 5.75 Å². The topological polar surface area (TPSA) is 35.2 Å². The van der Waals surface area contributed by atoms with Crippen molar-refractivity contribution in [3.05, 3.63) is 29.3 Å². The average molecular weight is 193 g/mol. The summed E-state index contributed by atoms with van der Waals surface area (Å²) in [6.07, 6.45) is 1.04. The Morgan fingerprint density at radius 2 is 2.14 bits per heavy atom. The zero-order valence-electron chi connectivity index (χ0n) is 9.21. The van der Waals surface area contributed by atoms with Crippen molar-refractivity contribution in [2.45, 2.75) is 26.2 Å². The molecule has 0 heterocycles. The molecule has 0 spiro atoms. The number of hydrogen-bond donors (Lipinski definition) is 1. The van der Waals surface area contributed by atoms with E-state index in [1.165, 1.54) is 11.1 Å². The first-order chi connectivity index (χ1) is 6.72. The Morgan fingerprint density at radius 1 is 1.43 bits per heavy atom. The zero-order valence-corrected chi connectivity index (χ0v) is 9.21. The van der Waals surface area contributed by atoms with Crippen molar-refractivity contribution in [1.82, 2.24) is 0 Å². The van der Waals surface area contributed by atoms with Crippen LogP contribution < -0.4 is 10.5 Å². The van der Waals surface area contributed by atoms with Gasteiger partial charge in [0.05, 0.1) is 7.11 Å². The minimum absolute atomic E-state index is 0.357. The third kappa shape index (κ3) is 2.26. The molecule has 0 bridgehead atoms. The quantitative estimate of drug-likeness (QED) is 0.796. The predicted molar refractivity (Wildman–Crippen MR) is 59.8 cm³/mol. The zero-order chi connectivity index (χ0) is 10.6. The Hall–Kier alpha value is -1.02. The highest BCUT2D eigenvalue weighted by Crippen LogP contribution is 2.27.